The quantitative estimate of drug-likeness (QED) is 0.837. The Morgan fingerprint density at radius 3 is 2.83 bits per heavy atom. The molecule has 0 spiro atoms. The predicted molar refractivity (Wildman–Crippen MR) is 70.8 cm³/mol. The number of nitrogens with zero attached hydrogens (tertiary/aromatic N) is 2. The molecule has 1 aliphatic heterocycles. The highest BCUT2D eigenvalue weighted by Crippen LogP contribution is 2.29. The van der Waals surface area contributed by atoms with Crippen molar-refractivity contribution in [2.75, 3.05) is 38.7 Å². The number of anilines is 1. The number of benzene rings is 1. The van der Waals surface area contributed by atoms with Crippen molar-refractivity contribution >= 4 is 11.6 Å². The van der Waals surface area contributed by atoms with E-state index in [0.29, 0.717) is 25.4 Å². The van der Waals surface area contributed by atoms with Crippen LogP contribution in [0.4, 0.5) is 5.69 Å². The van der Waals surface area contributed by atoms with Gasteiger partial charge in [0.25, 0.3) is 0 Å². The van der Waals surface area contributed by atoms with E-state index in [4.69, 9.17) is 10.5 Å². The van der Waals surface area contributed by atoms with Gasteiger partial charge in [-0.25, -0.2) is 0 Å². The van der Waals surface area contributed by atoms with Crippen molar-refractivity contribution in [1.82, 2.24) is 4.90 Å². The highest BCUT2D eigenvalue weighted by atomic mass is 16.5. The molecule has 0 radical (unpaired) electrons. The molecule has 1 atom stereocenters. The molecule has 1 amide bonds. The minimum Gasteiger partial charge on any atom is -0.495 e. The van der Waals surface area contributed by atoms with Crippen molar-refractivity contribution in [3.8, 4) is 5.75 Å². The van der Waals surface area contributed by atoms with Crippen LogP contribution in [0.3, 0.4) is 0 Å². The molecule has 1 aromatic carbocycles. The second-order valence-corrected chi connectivity index (χ2v) is 4.48. The van der Waals surface area contributed by atoms with Crippen LogP contribution in [0.5, 0.6) is 5.75 Å². The highest BCUT2D eigenvalue weighted by molar-refractivity contribution is 5.97. The van der Waals surface area contributed by atoms with Gasteiger partial charge in [-0.2, -0.15) is 0 Å². The van der Waals surface area contributed by atoms with Gasteiger partial charge in [0.1, 0.15) is 5.75 Å². The van der Waals surface area contributed by atoms with Gasteiger partial charge < -0.3 is 15.4 Å². The van der Waals surface area contributed by atoms with E-state index in [9.17, 15) is 4.79 Å². The summed E-state index contributed by atoms with van der Waals surface area (Å²) in [7, 11) is 3.54. The number of methoxy groups -OCH3 is 1. The first-order valence-corrected chi connectivity index (χ1v) is 6.01. The summed E-state index contributed by atoms with van der Waals surface area (Å²) >= 11 is 0. The van der Waals surface area contributed by atoms with Crippen molar-refractivity contribution in [3.05, 3.63) is 24.3 Å². The second-order valence-electron chi connectivity index (χ2n) is 4.48. The standard InChI is InChI=1S/C13H19N3O2/c1-15-9-13(17)16(8-10(15)7-14)11-5-3-4-6-12(11)18-2/h3-6,10H,7-9,14H2,1-2H3. The van der Waals surface area contributed by atoms with E-state index in [1.807, 2.05) is 36.2 Å². The molecule has 1 saturated heterocycles. The molecule has 1 aliphatic rings. The van der Waals surface area contributed by atoms with Crippen LogP contribution in [0.15, 0.2) is 24.3 Å². The number of hydrogen-bond donors (Lipinski definition) is 1. The first-order valence-electron chi connectivity index (χ1n) is 6.01. The smallest absolute Gasteiger partial charge is 0.241 e. The summed E-state index contributed by atoms with van der Waals surface area (Å²) in [5.41, 5.74) is 6.56. The zero-order chi connectivity index (χ0) is 13.1. The summed E-state index contributed by atoms with van der Waals surface area (Å²) in [5, 5.41) is 0. The average molecular weight is 249 g/mol. The van der Waals surface area contributed by atoms with E-state index < -0.39 is 0 Å². The summed E-state index contributed by atoms with van der Waals surface area (Å²) in [5.74, 6) is 0.790. The summed E-state index contributed by atoms with van der Waals surface area (Å²) < 4.78 is 5.30. The van der Waals surface area contributed by atoms with E-state index in [-0.39, 0.29) is 11.9 Å². The van der Waals surface area contributed by atoms with Gasteiger partial charge in [-0.15, -0.1) is 0 Å². The van der Waals surface area contributed by atoms with E-state index in [2.05, 4.69) is 0 Å². The fourth-order valence-electron chi connectivity index (χ4n) is 2.22. The number of carbonyl (C=O) groups excluding carboxylic acids is 1. The summed E-state index contributed by atoms with van der Waals surface area (Å²) in [4.78, 5) is 15.9. The fraction of sp³-hybridized carbons (Fsp3) is 0.462. The van der Waals surface area contributed by atoms with Crippen LogP contribution in [0.1, 0.15) is 0 Å². The van der Waals surface area contributed by atoms with Crippen LogP contribution < -0.4 is 15.4 Å². The Morgan fingerprint density at radius 2 is 2.17 bits per heavy atom. The Kier molecular flexibility index (Phi) is 3.84. The molecular weight excluding hydrogens is 230 g/mol. The molecule has 5 heteroatoms. The Morgan fingerprint density at radius 1 is 1.44 bits per heavy atom. The van der Waals surface area contributed by atoms with E-state index in [1.54, 1.807) is 12.0 Å². The van der Waals surface area contributed by atoms with E-state index in [0.717, 1.165) is 5.69 Å². The monoisotopic (exact) mass is 249 g/mol. The lowest BCUT2D eigenvalue weighted by atomic mass is 10.1. The number of rotatable bonds is 3. The van der Waals surface area contributed by atoms with Crippen LogP contribution >= 0.6 is 0 Å². The van der Waals surface area contributed by atoms with Crippen molar-refractivity contribution in [1.29, 1.82) is 0 Å². The van der Waals surface area contributed by atoms with Gasteiger partial charge in [-0.3, -0.25) is 9.69 Å². The second kappa shape index (κ2) is 5.37. The average Bonchev–Trinajstić information content (AvgIpc) is 2.39. The number of likely N-dealkylation sites (N-methyl/N-ethyl adjacent to an activating group) is 1. The van der Waals surface area contributed by atoms with E-state index in [1.165, 1.54) is 0 Å². The summed E-state index contributed by atoms with van der Waals surface area (Å²) in [6.07, 6.45) is 0. The minimum atomic E-state index is 0.0756. The number of hydrogen-bond acceptors (Lipinski definition) is 4. The minimum absolute atomic E-state index is 0.0756. The van der Waals surface area contributed by atoms with Gasteiger partial charge in [0.15, 0.2) is 0 Å². The maximum absolute atomic E-state index is 12.1. The lowest BCUT2D eigenvalue weighted by Crippen LogP contribution is -2.57. The molecular formula is C13H19N3O2. The third-order valence-corrected chi connectivity index (χ3v) is 3.35. The van der Waals surface area contributed by atoms with Gasteiger partial charge in [0.05, 0.1) is 19.3 Å². The number of piperazine rings is 1. The van der Waals surface area contributed by atoms with Crippen LogP contribution in [-0.2, 0) is 4.79 Å². The lowest BCUT2D eigenvalue weighted by Gasteiger charge is -2.38. The molecule has 18 heavy (non-hydrogen) atoms. The molecule has 0 aromatic heterocycles. The maximum Gasteiger partial charge on any atom is 0.241 e. The van der Waals surface area contributed by atoms with Crippen molar-refractivity contribution in [2.24, 2.45) is 5.73 Å². The molecule has 1 unspecified atom stereocenters. The van der Waals surface area contributed by atoms with Gasteiger partial charge >= 0.3 is 0 Å². The molecule has 1 heterocycles. The van der Waals surface area contributed by atoms with Crippen LogP contribution in [0.25, 0.3) is 0 Å². The third kappa shape index (κ3) is 2.32. The van der Waals surface area contributed by atoms with Crippen molar-refractivity contribution in [2.45, 2.75) is 6.04 Å². The molecule has 0 saturated carbocycles. The number of para-hydroxylation sites is 2. The molecule has 2 rings (SSSR count). The van der Waals surface area contributed by atoms with Crippen molar-refractivity contribution < 1.29 is 9.53 Å². The molecule has 1 fully saturated rings. The summed E-state index contributed by atoms with van der Waals surface area (Å²) in [6.45, 7) is 1.53. The number of ether oxygens (including phenoxy) is 1. The Balaban J connectivity index is 2.29. The normalized spacial score (nSPS) is 21.2. The number of carbonyl (C=O) groups is 1. The van der Waals surface area contributed by atoms with Gasteiger partial charge in [-0.1, -0.05) is 12.1 Å². The molecule has 2 N–H and O–H groups in total. The zero-order valence-corrected chi connectivity index (χ0v) is 10.8. The third-order valence-electron chi connectivity index (χ3n) is 3.35. The first-order chi connectivity index (χ1) is 8.67. The maximum atomic E-state index is 12.1. The Bertz CT molecular complexity index is 436. The SMILES string of the molecule is COc1ccccc1N1CC(CN)N(C)CC1=O. The van der Waals surface area contributed by atoms with Gasteiger partial charge in [0, 0.05) is 19.1 Å². The van der Waals surface area contributed by atoms with Crippen LogP contribution in [0.2, 0.25) is 0 Å². The number of nitrogens with two attached hydrogens (primary N) is 1. The van der Waals surface area contributed by atoms with Crippen LogP contribution in [0, 0.1) is 0 Å². The zero-order valence-electron chi connectivity index (χ0n) is 10.8. The van der Waals surface area contributed by atoms with Gasteiger partial charge in [-0.05, 0) is 19.2 Å². The molecule has 0 aliphatic carbocycles. The summed E-state index contributed by atoms with van der Waals surface area (Å²) in [6, 6.07) is 7.74. The molecule has 0 bridgehead atoms. The molecule has 5 nitrogen and oxygen atoms in total. The molecule has 1 aromatic rings. The van der Waals surface area contributed by atoms with Gasteiger partial charge in [0.2, 0.25) is 5.91 Å². The first kappa shape index (κ1) is 12.9. The largest absolute Gasteiger partial charge is 0.495 e. The van der Waals surface area contributed by atoms with E-state index >= 15 is 0 Å². The topological polar surface area (TPSA) is 58.8 Å². The lowest BCUT2D eigenvalue weighted by molar-refractivity contribution is -0.121. The van der Waals surface area contributed by atoms with Crippen LogP contribution in [-0.4, -0.2) is 50.6 Å². The molecule has 98 valence electrons. The predicted octanol–water partition coefficient (Wildman–Crippen LogP) is 0.301. The number of amides is 1. The fourth-order valence-corrected chi connectivity index (χ4v) is 2.22. The highest BCUT2D eigenvalue weighted by Gasteiger charge is 2.30. The Hall–Kier alpha value is -1.59. The Labute approximate surface area is 107 Å². The van der Waals surface area contributed by atoms with Crippen molar-refractivity contribution in [3.63, 3.8) is 0 Å².